The van der Waals surface area contributed by atoms with Gasteiger partial charge in [-0.05, 0) is 51.3 Å². The molecule has 6 nitrogen and oxygen atoms in total. The summed E-state index contributed by atoms with van der Waals surface area (Å²) in [5.74, 6) is 2.09. The maximum atomic E-state index is 12.3. The van der Waals surface area contributed by atoms with Crippen molar-refractivity contribution in [2.75, 3.05) is 43.8 Å². The molecule has 0 atom stereocenters. The van der Waals surface area contributed by atoms with E-state index in [0.29, 0.717) is 6.54 Å². The highest BCUT2D eigenvalue weighted by Crippen LogP contribution is 2.29. The molecule has 2 heterocycles. The first-order chi connectivity index (χ1) is 13.5. The summed E-state index contributed by atoms with van der Waals surface area (Å²) < 4.78 is 0.244. The Hall–Kier alpha value is -1.89. The molecule has 2 fully saturated rings. The molecule has 28 heavy (non-hydrogen) atoms. The van der Waals surface area contributed by atoms with Crippen LogP contribution in [0, 0.1) is 0 Å². The van der Waals surface area contributed by atoms with Gasteiger partial charge in [0.1, 0.15) is 0 Å². The number of hydrogen-bond acceptors (Lipinski definition) is 3. The zero-order chi connectivity index (χ0) is 20.0. The summed E-state index contributed by atoms with van der Waals surface area (Å²) in [5, 5.41) is 6.46. The number of likely N-dealkylation sites (tertiary alicyclic amines) is 1. The SMILES string of the molecule is CCNC(=NCc1cccc(NC(=O)N2CCCC2)c1)N1CCSC(C)(C)C1. The molecule has 0 aliphatic carbocycles. The van der Waals surface area contributed by atoms with E-state index in [4.69, 9.17) is 4.99 Å². The number of thioether (sulfide) groups is 1. The van der Waals surface area contributed by atoms with Gasteiger partial charge in [-0.1, -0.05) is 12.1 Å². The zero-order valence-electron chi connectivity index (χ0n) is 17.3. The molecule has 2 amide bonds. The third kappa shape index (κ3) is 5.80. The van der Waals surface area contributed by atoms with Gasteiger partial charge in [0.25, 0.3) is 0 Å². The van der Waals surface area contributed by atoms with Gasteiger partial charge < -0.3 is 20.4 Å². The van der Waals surface area contributed by atoms with Gasteiger partial charge in [-0.25, -0.2) is 9.79 Å². The second-order valence-electron chi connectivity index (χ2n) is 8.02. The Labute approximate surface area is 173 Å². The highest BCUT2D eigenvalue weighted by molar-refractivity contribution is 8.00. The first kappa shape index (κ1) is 20.8. The molecule has 2 N–H and O–H groups in total. The maximum absolute atomic E-state index is 12.3. The van der Waals surface area contributed by atoms with Crippen LogP contribution in [0.3, 0.4) is 0 Å². The third-order valence-electron chi connectivity index (χ3n) is 5.04. The molecular formula is C21H33N5OS. The van der Waals surface area contributed by atoms with Crippen molar-refractivity contribution in [1.82, 2.24) is 15.1 Å². The topological polar surface area (TPSA) is 60.0 Å². The Kier molecular flexibility index (Phi) is 7.10. The molecule has 1 aromatic rings. The molecular weight excluding hydrogens is 370 g/mol. The van der Waals surface area contributed by atoms with Crippen LogP contribution >= 0.6 is 11.8 Å². The summed E-state index contributed by atoms with van der Waals surface area (Å²) in [7, 11) is 0. The summed E-state index contributed by atoms with van der Waals surface area (Å²) in [4.78, 5) is 21.4. The average Bonchev–Trinajstić information content (AvgIpc) is 3.19. The van der Waals surface area contributed by atoms with Gasteiger partial charge in [0.15, 0.2) is 5.96 Å². The van der Waals surface area contributed by atoms with Crippen molar-refractivity contribution in [2.45, 2.75) is 44.9 Å². The number of hydrogen-bond donors (Lipinski definition) is 2. The Morgan fingerprint density at radius 1 is 1.21 bits per heavy atom. The minimum atomic E-state index is -0.000428. The van der Waals surface area contributed by atoms with E-state index in [9.17, 15) is 4.79 Å². The maximum Gasteiger partial charge on any atom is 0.321 e. The van der Waals surface area contributed by atoms with E-state index in [0.717, 1.165) is 68.5 Å². The van der Waals surface area contributed by atoms with Crippen molar-refractivity contribution >= 4 is 29.4 Å². The summed E-state index contributed by atoms with van der Waals surface area (Å²) in [5.41, 5.74) is 1.94. The number of carbonyl (C=O) groups excluding carboxylic acids is 1. The van der Waals surface area contributed by atoms with E-state index < -0.39 is 0 Å². The number of nitrogens with zero attached hydrogens (tertiary/aromatic N) is 3. The van der Waals surface area contributed by atoms with Crippen molar-refractivity contribution in [2.24, 2.45) is 4.99 Å². The van der Waals surface area contributed by atoms with Gasteiger partial charge in [-0.2, -0.15) is 11.8 Å². The summed E-state index contributed by atoms with van der Waals surface area (Å²) >= 11 is 2.02. The van der Waals surface area contributed by atoms with Crippen LogP contribution in [0.4, 0.5) is 10.5 Å². The number of aliphatic imine (C=N–C) groups is 1. The molecule has 2 aliphatic rings. The van der Waals surface area contributed by atoms with Gasteiger partial charge in [0, 0.05) is 48.9 Å². The molecule has 0 unspecified atom stereocenters. The van der Waals surface area contributed by atoms with E-state index in [1.165, 1.54) is 0 Å². The first-order valence-corrected chi connectivity index (χ1v) is 11.3. The van der Waals surface area contributed by atoms with E-state index >= 15 is 0 Å². The van der Waals surface area contributed by atoms with E-state index in [1.54, 1.807) is 0 Å². The number of rotatable bonds is 4. The number of urea groups is 1. The number of nitrogens with one attached hydrogen (secondary N) is 2. The molecule has 0 spiro atoms. The lowest BCUT2D eigenvalue weighted by Crippen LogP contribution is -2.50. The molecule has 2 aliphatic heterocycles. The number of carbonyl (C=O) groups is 1. The predicted octanol–water partition coefficient (Wildman–Crippen LogP) is 3.61. The Bertz CT molecular complexity index is 700. The highest BCUT2D eigenvalue weighted by atomic mass is 32.2. The normalized spacial score (nSPS) is 19.6. The molecule has 154 valence electrons. The number of amides is 2. The van der Waals surface area contributed by atoms with E-state index in [2.05, 4.69) is 42.4 Å². The Balaban J connectivity index is 1.64. The van der Waals surface area contributed by atoms with Crippen molar-refractivity contribution < 1.29 is 4.79 Å². The van der Waals surface area contributed by atoms with Crippen LogP contribution in [0.25, 0.3) is 0 Å². The summed E-state index contributed by atoms with van der Waals surface area (Å²) in [6.45, 7) is 11.9. The van der Waals surface area contributed by atoms with Crippen molar-refractivity contribution in [3.63, 3.8) is 0 Å². The molecule has 3 rings (SSSR count). The predicted molar refractivity (Wildman–Crippen MR) is 119 cm³/mol. The molecule has 0 aromatic heterocycles. The second-order valence-corrected chi connectivity index (χ2v) is 9.83. The smallest absolute Gasteiger partial charge is 0.321 e. The molecule has 0 saturated carbocycles. The Morgan fingerprint density at radius 3 is 2.71 bits per heavy atom. The fourth-order valence-electron chi connectivity index (χ4n) is 3.66. The lowest BCUT2D eigenvalue weighted by Gasteiger charge is -2.39. The average molecular weight is 404 g/mol. The minimum Gasteiger partial charge on any atom is -0.357 e. The van der Waals surface area contributed by atoms with Crippen molar-refractivity contribution in [1.29, 1.82) is 0 Å². The lowest BCUT2D eigenvalue weighted by molar-refractivity contribution is 0.222. The molecule has 7 heteroatoms. The van der Waals surface area contributed by atoms with Gasteiger partial charge >= 0.3 is 6.03 Å². The van der Waals surface area contributed by atoms with Crippen LogP contribution < -0.4 is 10.6 Å². The van der Waals surface area contributed by atoms with Crippen LogP contribution in [-0.4, -0.2) is 65.0 Å². The fourth-order valence-corrected chi connectivity index (χ4v) is 4.77. The third-order valence-corrected chi connectivity index (χ3v) is 6.34. The summed E-state index contributed by atoms with van der Waals surface area (Å²) in [6, 6.07) is 8.01. The quantitative estimate of drug-likeness (QED) is 0.596. The van der Waals surface area contributed by atoms with Crippen LogP contribution in [0.15, 0.2) is 29.3 Å². The Morgan fingerprint density at radius 2 is 2.00 bits per heavy atom. The van der Waals surface area contributed by atoms with Gasteiger partial charge in [-0.15, -0.1) is 0 Å². The summed E-state index contributed by atoms with van der Waals surface area (Å²) in [6.07, 6.45) is 2.20. The molecule has 1 aromatic carbocycles. The highest BCUT2D eigenvalue weighted by Gasteiger charge is 2.28. The standard InChI is InChI=1S/C21H33N5OS/c1-4-22-19(26-12-13-28-21(2,3)16-26)23-15-17-8-7-9-18(14-17)24-20(27)25-10-5-6-11-25/h7-9,14H,4-6,10-13,15-16H2,1-3H3,(H,22,23)(H,24,27). The first-order valence-electron chi connectivity index (χ1n) is 10.3. The molecule has 2 saturated heterocycles. The van der Waals surface area contributed by atoms with E-state index in [-0.39, 0.29) is 10.8 Å². The van der Waals surface area contributed by atoms with Gasteiger partial charge in [0.2, 0.25) is 0 Å². The van der Waals surface area contributed by atoms with Crippen LogP contribution in [-0.2, 0) is 6.54 Å². The largest absolute Gasteiger partial charge is 0.357 e. The van der Waals surface area contributed by atoms with Crippen LogP contribution in [0.5, 0.6) is 0 Å². The second kappa shape index (κ2) is 9.54. The number of benzene rings is 1. The number of anilines is 1. The van der Waals surface area contributed by atoms with Gasteiger partial charge in [0.05, 0.1) is 6.54 Å². The number of guanidine groups is 1. The molecule has 0 bridgehead atoms. The fraction of sp³-hybridized carbons (Fsp3) is 0.619. The zero-order valence-corrected chi connectivity index (χ0v) is 18.1. The van der Waals surface area contributed by atoms with Crippen LogP contribution in [0.2, 0.25) is 0 Å². The van der Waals surface area contributed by atoms with Crippen LogP contribution in [0.1, 0.15) is 39.2 Å². The van der Waals surface area contributed by atoms with E-state index in [1.807, 2.05) is 34.9 Å². The van der Waals surface area contributed by atoms with Crippen molar-refractivity contribution in [3.05, 3.63) is 29.8 Å². The monoisotopic (exact) mass is 403 g/mol. The minimum absolute atomic E-state index is 0.000428. The van der Waals surface area contributed by atoms with Gasteiger partial charge in [-0.3, -0.25) is 0 Å². The lowest BCUT2D eigenvalue weighted by atomic mass is 10.2. The molecule has 0 radical (unpaired) electrons. The van der Waals surface area contributed by atoms with Crippen molar-refractivity contribution in [3.8, 4) is 0 Å².